The van der Waals surface area contributed by atoms with E-state index in [0.717, 1.165) is 23.4 Å². The van der Waals surface area contributed by atoms with E-state index < -0.39 is 0 Å². The van der Waals surface area contributed by atoms with E-state index in [1.54, 1.807) is 6.33 Å². The third-order valence-corrected chi connectivity index (χ3v) is 4.27. The van der Waals surface area contributed by atoms with Crippen LogP contribution in [0.4, 0.5) is 5.82 Å². The summed E-state index contributed by atoms with van der Waals surface area (Å²) >= 11 is 6.07. The zero-order valence-corrected chi connectivity index (χ0v) is 12.7. The first-order valence-corrected chi connectivity index (χ1v) is 7.43. The van der Waals surface area contributed by atoms with Crippen LogP contribution in [0.5, 0.6) is 0 Å². The molecule has 0 amide bonds. The van der Waals surface area contributed by atoms with Crippen molar-refractivity contribution in [3.63, 3.8) is 0 Å². The average molecular weight is 309 g/mol. The van der Waals surface area contributed by atoms with Crippen LogP contribution < -0.4 is 4.90 Å². The Morgan fingerprint density at radius 3 is 3.10 bits per heavy atom. The van der Waals surface area contributed by atoms with Crippen LogP contribution in [0.1, 0.15) is 13.8 Å². The molecule has 6 nitrogen and oxygen atoms in total. The second kappa shape index (κ2) is 4.56. The second-order valence-corrected chi connectivity index (χ2v) is 6.63. The molecular weight excluding hydrogens is 292 g/mol. The smallest absolute Gasteiger partial charge is 0.144 e. The Kier molecular flexibility index (Phi) is 2.89. The second-order valence-electron chi connectivity index (χ2n) is 6.23. The number of H-pyrrole nitrogens is 1. The average Bonchev–Trinajstić information content (AvgIpc) is 3.00. The maximum Gasteiger partial charge on any atom is 0.144 e. The summed E-state index contributed by atoms with van der Waals surface area (Å²) in [6.07, 6.45) is 1.64. The molecule has 2 saturated heterocycles. The van der Waals surface area contributed by atoms with Gasteiger partial charge in [-0.2, -0.15) is 0 Å². The van der Waals surface area contributed by atoms with Crippen molar-refractivity contribution in [1.82, 2.24) is 15.0 Å². The van der Waals surface area contributed by atoms with Gasteiger partial charge in [0.1, 0.15) is 29.0 Å². The van der Waals surface area contributed by atoms with Gasteiger partial charge < -0.3 is 19.4 Å². The van der Waals surface area contributed by atoms with E-state index in [-0.39, 0.29) is 17.7 Å². The molecule has 1 N–H and O–H groups in total. The highest BCUT2D eigenvalue weighted by atomic mass is 35.5. The lowest BCUT2D eigenvalue weighted by atomic mass is 10.0. The number of morpholine rings is 1. The van der Waals surface area contributed by atoms with Crippen molar-refractivity contribution in [3.8, 4) is 0 Å². The van der Waals surface area contributed by atoms with Crippen molar-refractivity contribution in [3.05, 3.63) is 17.5 Å². The number of halogens is 1. The fraction of sp³-hybridized carbons (Fsp3) is 0.571. The summed E-state index contributed by atoms with van der Waals surface area (Å²) in [5.41, 5.74) is 0.511. The molecule has 2 aliphatic rings. The van der Waals surface area contributed by atoms with Gasteiger partial charge in [0.05, 0.1) is 30.2 Å². The Labute approximate surface area is 127 Å². The highest BCUT2D eigenvalue weighted by molar-refractivity contribution is 6.30. The van der Waals surface area contributed by atoms with Gasteiger partial charge in [-0.15, -0.1) is 0 Å². The highest BCUT2D eigenvalue weighted by Crippen LogP contribution is 2.35. The molecule has 4 heterocycles. The fourth-order valence-corrected chi connectivity index (χ4v) is 3.46. The van der Waals surface area contributed by atoms with Crippen LogP contribution >= 0.6 is 11.6 Å². The summed E-state index contributed by atoms with van der Waals surface area (Å²) in [5, 5.41) is 1.50. The van der Waals surface area contributed by atoms with Crippen LogP contribution in [0.3, 0.4) is 0 Å². The van der Waals surface area contributed by atoms with E-state index in [1.807, 2.05) is 6.07 Å². The van der Waals surface area contributed by atoms with Gasteiger partial charge in [0.2, 0.25) is 0 Å². The van der Waals surface area contributed by atoms with Crippen LogP contribution in [0.2, 0.25) is 5.15 Å². The van der Waals surface area contributed by atoms with Crippen LogP contribution in [0.15, 0.2) is 12.4 Å². The Bertz CT molecular complexity index is 687. The van der Waals surface area contributed by atoms with E-state index in [2.05, 4.69) is 33.7 Å². The maximum absolute atomic E-state index is 6.12. The Morgan fingerprint density at radius 1 is 1.38 bits per heavy atom. The highest BCUT2D eigenvalue weighted by Gasteiger charge is 2.45. The first kappa shape index (κ1) is 13.3. The minimum Gasteiger partial charge on any atom is -0.376 e. The van der Waals surface area contributed by atoms with Crippen LogP contribution in [-0.4, -0.2) is 52.5 Å². The normalized spacial score (nSPS) is 28.0. The zero-order chi connectivity index (χ0) is 14.6. The number of hydrogen-bond acceptors (Lipinski definition) is 5. The molecule has 0 unspecified atom stereocenters. The molecule has 7 heteroatoms. The summed E-state index contributed by atoms with van der Waals surface area (Å²) in [6, 6.07) is 2.06. The third-order valence-electron chi connectivity index (χ3n) is 4.07. The molecule has 2 fully saturated rings. The number of nitrogens with zero attached hydrogens (tertiary/aromatic N) is 3. The lowest BCUT2D eigenvalue weighted by Gasteiger charge is -2.45. The molecule has 0 bridgehead atoms. The molecule has 4 rings (SSSR count). The van der Waals surface area contributed by atoms with E-state index in [9.17, 15) is 0 Å². The Hall–Kier alpha value is -1.37. The van der Waals surface area contributed by atoms with Crippen LogP contribution in [0, 0.1) is 0 Å². The summed E-state index contributed by atoms with van der Waals surface area (Å²) in [6.45, 7) is 6.23. The minimum atomic E-state index is -0.244. The van der Waals surface area contributed by atoms with Gasteiger partial charge in [-0.25, -0.2) is 9.97 Å². The molecule has 2 atom stereocenters. The molecule has 0 spiro atoms. The molecule has 0 saturated carbocycles. The molecule has 0 aromatic carbocycles. The molecule has 0 aliphatic carbocycles. The summed E-state index contributed by atoms with van der Waals surface area (Å²) in [4.78, 5) is 14.1. The Morgan fingerprint density at radius 2 is 2.24 bits per heavy atom. The first-order chi connectivity index (χ1) is 10.0. The summed E-state index contributed by atoms with van der Waals surface area (Å²) in [7, 11) is 0. The van der Waals surface area contributed by atoms with Crippen molar-refractivity contribution in [2.24, 2.45) is 0 Å². The molecule has 21 heavy (non-hydrogen) atoms. The number of anilines is 1. The van der Waals surface area contributed by atoms with Gasteiger partial charge >= 0.3 is 0 Å². The maximum atomic E-state index is 6.12. The summed E-state index contributed by atoms with van der Waals surface area (Å²) < 4.78 is 11.7. The quantitative estimate of drug-likeness (QED) is 0.873. The minimum absolute atomic E-state index is 0.0770. The molecular formula is C14H17ClN4O2. The van der Waals surface area contributed by atoms with Crippen molar-refractivity contribution in [2.75, 3.05) is 24.7 Å². The van der Waals surface area contributed by atoms with E-state index in [1.165, 1.54) is 0 Å². The number of nitrogens with one attached hydrogen (secondary N) is 1. The van der Waals surface area contributed by atoms with Gasteiger partial charge in [-0.3, -0.25) is 0 Å². The number of ether oxygens (including phenoxy) is 2. The zero-order valence-electron chi connectivity index (χ0n) is 12.0. The van der Waals surface area contributed by atoms with Gasteiger partial charge in [0, 0.05) is 6.54 Å². The van der Waals surface area contributed by atoms with E-state index >= 15 is 0 Å². The molecule has 112 valence electrons. The van der Waals surface area contributed by atoms with Gasteiger partial charge in [0.15, 0.2) is 0 Å². The molecule has 2 aromatic heterocycles. The number of hydrogen-bond donors (Lipinski definition) is 1. The lowest BCUT2D eigenvalue weighted by Crippen LogP contribution is -2.58. The predicted molar refractivity (Wildman–Crippen MR) is 79.8 cm³/mol. The lowest BCUT2D eigenvalue weighted by molar-refractivity contribution is -0.0924. The Balaban J connectivity index is 1.82. The first-order valence-electron chi connectivity index (χ1n) is 7.05. The molecule has 0 radical (unpaired) electrons. The van der Waals surface area contributed by atoms with Gasteiger partial charge in [-0.05, 0) is 19.9 Å². The fourth-order valence-electron chi connectivity index (χ4n) is 3.26. The molecule has 2 aliphatic heterocycles. The van der Waals surface area contributed by atoms with Crippen molar-refractivity contribution in [2.45, 2.75) is 31.6 Å². The van der Waals surface area contributed by atoms with E-state index in [0.29, 0.717) is 18.4 Å². The molecule has 2 aromatic rings. The number of aromatic amines is 1. The largest absolute Gasteiger partial charge is 0.376 e. The standard InChI is InChI=1S/C14H17ClN4O2/c1-14(2)6-19(9-4-20-5-10(9)21-14)13-8-3-11(15)18-12(8)16-7-17-13/h3,7,9-10H,4-6H2,1-2H3,(H,16,17,18)/t9-,10-/m1/s1. The van der Waals surface area contributed by atoms with Crippen molar-refractivity contribution in [1.29, 1.82) is 0 Å². The number of rotatable bonds is 1. The number of aromatic nitrogens is 3. The van der Waals surface area contributed by atoms with Crippen molar-refractivity contribution < 1.29 is 9.47 Å². The summed E-state index contributed by atoms with van der Waals surface area (Å²) in [5.74, 6) is 0.889. The van der Waals surface area contributed by atoms with Crippen LogP contribution in [0.25, 0.3) is 11.0 Å². The predicted octanol–water partition coefficient (Wildman–Crippen LogP) is 1.99. The van der Waals surface area contributed by atoms with Crippen molar-refractivity contribution >= 4 is 28.5 Å². The number of fused-ring (bicyclic) bond motifs is 2. The monoisotopic (exact) mass is 308 g/mol. The SMILES string of the molecule is CC1(C)CN(c2ncnc3[nH]c(Cl)cc23)[C@@H]2COC[C@H]2O1. The van der Waals surface area contributed by atoms with E-state index in [4.69, 9.17) is 21.1 Å². The third kappa shape index (κ3) is 2.18. The van der Waals surface area contributed by atoms with Gasteiger partial charge in [0.25, 0.3) is 0 Å². The van der Waals surface area contributed by atoms with Crippen LogP contribution in [-0.2, 0) is 9.47 Å². The van der Waals surface area contributed by atoms with Gasteiger partial charge in [-0.1, -0.05) is 11.6 Å². The topological polar surface area (TPSA) is 63.3 Å².